The minimum Gasteiger partial charge on any atom is -0.338 e. The van der Waals surface area contributed by atoms with Gasteiger partial charge in [0.05, 0.1) is 11.3 Å². The Morgan fingerprint density at radius 1 is 0.913 bits per heavy atom. The highest BCUT2D eigenvalue weighted by molar-refractivity contribution is 5.42. The number of aromatic nitrogens is 1. The molecule has 0 radical (unpaired) electrons. The first kappa shape index (κ1) is 15.7. The second-order valence-electron chi connectivity index (χ2n) is 5.92. The van der Waals surface area contributed by atoms with Crippen LogP contribution in [-0.4, -0.2) is 4.57 Å². The molecule has 0 saturated heterocycles. The van der Waals surface area contributed by atoms with Crippen molar-refractivity contribution in [1.29, 1.82) is 0 Å². The summed E-state index contributed by atoms with van der Waals surface area (Å²) in [7, 11) is 0. The number of benzene rings is 1. The highest BCUT2D eigenvalue weighted by atomic mass is 19.4. The van der Waals surface area contributed by atoms with E-state index in [1.807, 2.05) is 18.3 Å². The lowest BCUT2D eigenvalue weighted by atomic mass is 9.95. The maximum Gasteiger partial charge on any atom is 0.416 e. The summed E-state index contributed by atoms with van der Waals surface area (Å²) in [6.45, 7) is 0. The second kappa shape index (κ2) is 6.54. The van der Waals surface area contributed by atoms with E-state index < -0.39 is 11.7 Å². The van der Waals surface area contributed by atoms with E-state index in [1.54, 1.807) is 0 Å². The molecule has 2 aromatic rings. The fraction of sp³-hybridized carbons (Fsp3) is 0.368. The molecular formula is C19H18F3N. The number of hydrogen-bond donors (Lipinski definition) is 0. The number of nitrogens with zero attached hydrogens (tertiary/aromatic N) is 1. The van der Waals surface area contributed by atoms with Crippen molar-refractivity contribution in [3.63, 3.8) is 0 Å². The van der Waals surface area contributed by atoms with Crippen LogP contribution in [0.15, 0.2) is 42.6 Å². The van der Waals surface area contributed by atoms with Crippen LogP contribution in [0.3, 0.4) is 0 Å². The summed E-state index contributed by atoms with van der Waals surface area (Å²) in [4.78, 5) is 0. The molecule has 1 aliphatic carbocycles. The van der Waals surface area contributed by atoms with Crippen molar-refractivity contribution < 1.29 is 13.2 Å². The summed E-state index contributed by atoms with van der Waals surface area (Å²) < 4.78 is 39.8. The van der Waals surface area contributed by atoms with E-state index in [1.165, 1.54) is 44.2 Å². The lowest BCUT2D eigenvalue weighted by molar-refractivity contribution is -0.137. The monoisotopic (exact) mass is 317 g/mol. The first-order valence-corrected chi connectivity index (χ1v) is 7.90. The molecule has 1 fully saturated rings. The third-order valence-electron chi connectivity index (χ3n) is 4.29. The van der Waals surface area contributed by atoms with E-state index in [0.717, 1.165) is 17.8 Å². The van der Waals surface area contributed by atoms with Gasteiger partial charge in [-0.15, -0.1) is 0 Å². The molecule has 1 aromatic carbocycles. The van der Waals surface area contributed by atoms with Gasteiger partial charge in [0, 0.05) is 17.8 Å². The molecule has 0 N–H and O–H groups in total. The predicted octanol–water partition coefficient (Wildman–Crippen LogP) is 5.41. The summed E-state index contributed by atoms with van der Waals surface area (Å²) in [6, 6.07) is 9.43. The second-order valence-corrected chi connectivity index (χ2v) is 5.92. The first-order valence-electron chi connectivity index (χ1n) is 7.90. The molecule has 0 unspecified atom stereocenters. The van der Waals surface area contributed by atoms with E-state index in [4.69, 9.17) is 0 Å². The average Bonchev–Trinajstić information content (AvgIpc) is 3.02. The lowest BCUT2D eigenvalue weighted by Crippen LogP contribution is -2.13. The molecule has 1 saturated carbocycles. The highest BCUT2D eigenvalue weighted by Gasteiger charge is 2.29. The molecule has 120 valence electrons. The van der Waals surface area contributed by atoms with Crippen molar-refractivity contribution in [2.24, 2.45) is 0 Å². The van der Waals surface area contributed by atoms with Crippen LogP contribution in [0.5, 0.6) is 0 Å². The van der Waals surface area contributed by atoms with E-state index >= 15 is 0 Å². The largest absolute Gasteiger partial charge is 0.416 e. The molecule has 3 rings (SSSR count). The van der Waals surface area contributed by atoms with Crippen molar-refractivity contribution >= 4 is 0 Å². The number of alkyl halides is 3. The maximum atomic E-state index is 12.5. The Morgan fingerprint density at radius 2 is 1.61 bits per heavy atom. The van der Waals surface area contributed by atoms with Gasteiger partial charge in [0.15, 0.2) is 0 Å². The van der Waals surface area contributed by atoms with Crippen molar-refractivity contribution in [3.8, 4) is 11.8 Å². The van der Waals surface area contributed by atoms with Crippen LogP contribution >= 0.6 is 0 Å². The Bertz CT molecular complexity index is 708. The third kappa shape index (κ3) is 3.79. The fourth-order valence-electron chi connectivity index (χ4n) is 3.06. The highest BCUT2D eigenvalue weighted by Crippen LogP contribution is 2.30. The van der Waals surface area contributed by atoms with Gasteiger partial charge in [0.1, 0.15) is 0 Å². The van der Waals surface area contributed by atoms with Crippen LogP contribution in [0.4, 0.5) is 13.2 Å². The quantitative estimate of drug-likeness (QED) is 0.620. The molecule has 23 heavy (non-hydrogen) atoms. The normalized spacial score (nSPS) is 16.0. The van der Waals surface area contributed by atoms with Gasteiger partial charge in [-0.3, -0.25) is 0 Å². The fourth-order valence-corrected chi connectivity index (χ4v) is 3.06. The average molecular weight is 317 g/mol. The van der Waals surface area contributed by atoms with Gasteiger partial charge >= 0.3 is 6.18 Å². The van der Waals surface area contributed by atoms with Crippen LogP contribution < -0.4 is 0 Å². The zero-order valence-corrected chi connectivity index (χ0v) is 12.7. The van der Waals surface area contributed by atoms with Crippen LogP contribution in [0.1, 0.15) is 55.0 Å². The van der Waals surface area contributed by atoms with Gasteiger partial charge in [-0.25, -0.2) is 0 Å². The van der Waals surface area contributed by atoms with Crippen molar-refractivity contribution in [3.05, 3.63) is 59.4 Å². The van der Waals surface area contributed by atoms with Crippen LogP contribution in [0, 0.1) is 11.8 Å². The first-order chi connectivity index (χ1) is 11.0. The van der Waals surface area contributed by atoms with Gasteiger partial charge in [-0.1, -0.05) is 25.2 Å². The molecule has 0 spiro atoms. The van der Waals surface area contributed by atoms with Crippen LogP contribution in [-0.2, 0) is 6.18 Å². The molecule has 0 aliphatic heterocycles. The van der Waals surface area contributed by atoms with Crippen LogP contribution in [0.2, 0.25) is 0 Å². The van der Waals surface area contributed by atoms with E-state index in [9.17, 15) is 13.2 Å². The van der Waals surface area contributed by atoms with Gasteiger partial charge < -0.3 is 4.57 Å². The minimum atomic E-state index is -4.30. The molecule has 0 atom stereocenters. The van der Waals surface area contributed by atoms with Gasteiger partial charge in [0.25, 0.3) is 0 Å². The SMILES string of the molecule is FC(F)(F)c1ccc(C#Cc2cccn2C2CCCCC2)cc1. The molecule has 1 aliphatic rings. The number of hydrogen-bond acceptors (Lipinski definition) is 0. The molecule has 1 nitrogen and oxygen atoms in total. The smallest absolute Gasteiger partial charge is 0.338 e. The van der Waals surface area contributed by atoms with Gasteiger partial charge in [0.2, 0.25) is 0 Å². The Hall–Kier alpha value is -2.15. The Labute approximate surface area is 134 Å². The topological polar surface area (TPSA) is 4.93 Å². The molecule has 1 heterocycles. The van der Waals surface area contributed by atoms with Crippen molar-refractivity contribution in [2.45, 2.75) is 44.3 Å². The summed E-state index contributed by atoms with van der Waals surface area (Å²) in [5.74, 6) is 6.06. The minimum absolute atomic E-state index is 0.496. The summed E-state index contributed by atoms with van der Waals surface area (Å²) >= 11 is 0. The Balaban J connectivity index is 1.78. The third-order valence-corrected chi connectivity index (χ3v) is 4.29. The summed E-state index contributed by atoms with van der Waals surface area (Å²) in [5, 5.41) is 0. The zero-order chi connectivity index (χ0) is 16.3. The number of halogens is 3. The van der Waals surface area contributed by atoms with E-state index in [2.05, 4.69) is 16.4 Å². The van der Waals surface area contributed by atoms with Gasteiger partial charge in [-0.05, 0) is 55.2 Å². The Kier molecular flexibility index (Phi) is 4.47. The van der Waals surface area contributed by atoms with Crippen molar-refractivity contribution in [1.82, 2.24) is 4.57 Å². The maximum absolute atomic E-state index is 12.5. The van der Waals surface area contributed by atoms with Gasteiger partial charge in [-0.2, -0.15) is 13.2 Å². The summed E-state index contributed by atoms with van der Waals surface area (Å²) in [6.07, 6.45) is 3.87. The Morgan fingerprint density at radius 3 is 2.26 bits per heavy atom. The zero-order valence-electron chi connectivity index (χ0n) is 12.7. The number of rotatable bonds is 1. The summed E-state index contributed by atoms with van der Waals surface area (Å²) in [5.41, 5.74) is 0.875. The van der Waals surface area contributed by atoms with Crippen molar-refractivity contribution in [2.75, 3.05) is 0 Å². The molecular weight excluding hydrogens is 299 g/mol. The lowest BCUT2D eigenvalue weighted by Gasteiger charge is -2.24. The van der Waals surface area contributed by atoms with Crippen LogP contribution in [0.25, 0.3) is 0 Å². The molecule has 4 heteroatoms. The molecule has 0 amide bonds. The standard InChI is InChI=1S/C19H18F3N/c20-19(21,22)16-11-8-15(9-12-16)10-13-18-7-4-14-23(18)17-5-2-1-3-6-17/h4,7-9,11-12,14,17H,1-3,5-6H2. The molecule has 0 bridgehead atoms. The molecule has 1 aromatic heterocycles. The van der Waals surface area contributed by atoms with E-state index in [0.29, 0.717) is 11.6 Å². The predicted molar refractivity (Wildman–Crippen MR) is 84.0 cm³/mol. The van der Waals surface area contributed by atoms with E-state index in [-0.39, 0.29) is 0 Å².